The van der Waals surface area contributed by atoms with E-state index < -0.39 is 101 Å². The lowest BCUT2D eigenvalue weighted by Crippen LogP contribution is -2.47. The summed E-state index contributed by atoms with van der Waals surface area (Å²) in [6.07, 6.45) is 4.36. The summed E-state index contributed by atoms with van der Waals surface area (Å²) in [6, 6.07) is 7.88. The molecule has 7 heterocycles. The van der Waals surface area contributed by atoms with Gasteiger partial charge in [-0.25, -0.2) is 0 Å². The van der Waals surface area contributed by atoms with Crippen LogP contribution in [0, 0.1) is 36.5 Å². The molecule has 0 saturated carbocycles. The molecular formula is C58H72N6O12. The summed E-state index contributed by atoms with van der Waals surface area (Å²) in [7, 11) is 1.45. The molecule has 3 aromatic carbocycles. The Labute approximate surface area is 442 Å². The minimum atomic E-state index is -2.03. The van der Waals surface area contributed by atoms with Crippen LogP contribution in [0.25, 0.3) is 21.7 Å². The third-order valence-electron chi connectivity index (χ3n) is 16.4. The number of aromatic hydroxyl groups is 2. The number of piperidine rings is 1. The summed E-state index contributed by atoms with van der Waals surface area (Å²) in [6.45, 7) is 18.8. The number of esters is 1. The highest BCUT2D eigenvalue weighted by atomic mass is 16.7. The first-order chi connectivity index (χ1) is 36.1. The molecule has 5 bridgehead atoms. The number of carbonyl (C=O) groups excluding carboxylic acids is 4. The van der Waals surface area contributed by atoms with Crippen molar-refractivity contribution in [3.63, 3.8) is 0 Å². The second kappa shape index (κ2) is 21.1. The summed E-state index contributed by atoms with van der Waals surface area (Å²) in [5.74, 6) is -7.83. The van der Waals surface area contributed by atoms with Gasteiger partial charge in [-0.2, -0.15) is 0 Å². The van der Waals surface area contributed by atoms with Crippen molar-refractivity contribution in [2.24, 2.45) is 39.6 Å². The van der Waals surface area contributed by atoms with E-state index in [2.05, 4.69) is 29.0 Å². The maximum Gasteiger partial charge on any atom is 0.315 e. The van der Waals surface area contributed by atoms with Gasteiger partial charge in [0.15, 0.2) is 11.4 Å². The Bertz CT molecular complexity index is 3210. The van der Waals surface area contributed by atoms with Crippen molar-refractivity contribution in [2.75, 3.05) is 38.6 Å². The van der Waals surface area contributed by atoms with Crippen LogP contribution in [0.15, 0.2) is 70.4 Å². The highest BCUT2D eigenvalue weighted by molar-refractivity contribution is 6.19. The van der Waals surface area contributed by atoms with Gasteiger partial charge in [0.2, 0.25) is 5.91 Å². The number of carbonyl (C=O) groups is 4. The van der Waals surface area contributed by atoms with Crippen molar-refractivity contribution in [3.8, 4) is 17.2 Å². The number of phenolic OH excluding ortho intramolecular Hbond substituents is 2. The van der Waals surface area contributed by atoms with Gasteiger partial charge in [-0.15, -0.1) is 0 Å². The van der Waals surface area contributed by atoms with Crippen LogP contribution in [0.3, 0.4) is 0 Å². The Morgan fingerprint density at radius 2 is 1.63 bits per heavy atom. The molecule has 2 amide bonds. The van der Waals surface area contributed by atoms with E-state index in [0.29, 0.717) is 51.4 Å². The molecule has 3 unspecified atom stereocenters. The van der Waals surface area contributed by atoms with Crippen LogP contribution < -0.4 is 20.8 Å². The molecule has 4 aromatic rings. The topological polar surface area (TPSA) is 245 Å². The third-order valence-corrected chi connectivity index (χ3v) is 16.4. The summed E-state index contributed by atoms with van der Waals surface area (Å²) in [5, 5.41) is 52.2. The molecule has 18 nitrogen and oxygen atoms in total. The second-order valence-electron chi connectivity index (χ2n) is 22.2. The van der Waals surface area contributed by atoms with E-state index in [1.807, 2.05) is 24.3 Å². The highest BCUT2D eigenvalue weighted by Gasteiger charge is 2.50. The third kappa shape index (κ3) is 9.88. The molecular weight excluding hydrogens is 973 g/mol. The van der Waals surface area contributed by atoms with Crippen LogP contribution >= 0.6 is 0 Å². The number of methoxy groups -OCH3 is 1. The molecule has 76 heavy (non-hydrogen) atoms. The number of para-hydroxylation sites is 1. The number of H-pyrrole nitrogens is 1. The average molecular weight is 1050 g/mol. The predicted octanol–water partition coefficient (Wildman–Crippen LogP) is 6.19. The molecule has 6 N–H and O–H groups in total. The number of aliphatic hydroxyl groups is 2. The molecule has 1 aromatic heterocycles. The lowest BCUT2D eigenvalue weighted by Gasteiger charge is -2.38. The number of aromatic amines is 1. The van der Waals surface area contributed by atoms with E-state index in [1.54, 1.807) is 64.7 Å². The molecule has 1 saturated heterocycles. The van der Waals surface area contributed by atoms with E-state index in [9.17, 15) is 39.6 Å². The number of ketones is 1. The number of nitrogens with zero attached hydrogens (tertiary/aromatic N) is 4. The van der Waals surface area contributed by atoms with E-state index in [1.165, 1.54) is 26.4 Å². The second-order valence-corrected chi connectivity index (χ2v) is 22.2. The molecule has 1 spiro atoms. The zero-order valence-electron chi connectivity index (χ0n) is 45.1. The number of anilines is 1. The molecule has 6 aliphatic rings. The Hall–Kier alpha value is -6.60. The summed E-state index contributed by atoms with van der Waals surface area (Å²) in [5.41, 5.74) is 2.33. The number of Topliss-reactive ketones (excluding diaryl/α,β-unsaturated/α-hetero) is 1. The van der Waals surface area contributed by atoms with Crippen LogP contribution in [0.4, 0.5) is 5.69 Å². The van der Waals surface area contributed by atoms with Gasteiger partial charge in [-0.05, 0) is 31.9 Å². The van der Waals surface area contributed by atoms with Gasteiger partial charge in [-0.3, -0.25) is 29.2 Å². The van der Waals surface area contributed by atoms with Gasteiger partial charge in [0.05, 0.1) is 40.9 Å². The van der Waals surface area contributed by atoms with Crippen LogP contribution in [0.2, 0.25) is 0 Å². The van der Waals surface area contributed by atoms with Crippen molar-refractivity contribution in [3.05, 3.63) is 93.5 Å². The van der Waals surface area contributed by atoms with Crippen LogP contribution in [-0.2, 0) is 41.6 Å². The van der Waals surface area contributed by atoms with Gasteiger partial charge in [0.25, 0.3) is 11.7 Å². The zero-order chi connectivity index (χ0) is 54.7. The minimum Gasteiger partial charge on any atom is -0.507 e. The largest absolute Gasteiger partial charge is 0.507 e. The lowest BCUT2D eigenvalue weighted by molar-refractivity contribution is -0.165. The number of allylic oxidation sites excluding steroid dienone is 2. The number of aromatic nitrogens is 1. The molecule has 6 aliphatic heterocycles. The van der Waals surface area contributed by atoms with E-state index in [4.69, 9.17) is 28.9 Å². The normalized spacial score (nSPS) is 29.5. The van der Waals surface area contributed by atoms with Crippen molar-refractivity contribution < 1.29 is 58.6 Å². The number of aliphatic hydroxyl groups excluding tert-OH is 2. The number of hydrogen-bond acceptors (Lipinski definition) is 15. The van der Waals surface area contributed by atoms with Crippen molar-refractivity contribution >= 4 is 50.9 Å². The maximum absolute atomic E-state index is 15.0. The van der Waals surface area contributed by atoms with Crippen molar-refractivity contribution in [1.29, 1.82) is 0 Å². The Balaban J connectivity index is 1.07. The summed E-state index contributed by atoms with van der Waals surface area (Å²) < 4.78 is 24.8. The van der Waals surface area contributed by atoms with Crippen LogP contribution in [-0.4, -0.2) is 128 Å². The predicted molar refractivity (Wildman–Crippen MR) is 284 cm³/mol. The Kier molecular flexibility index (Phi) is 15.0. The highest BCUT2D eigenvalue weighted by Crippen LogP contribution is 2.50. The number of rotatable bonds is 6. The average Bonchev–Trinajstić information content (AvgIpc) is 4.05. The maximum atomic E-state index is 15.0. The summed E-state index contributed by atoms with van der Waals surface area (Å²) >= 11 is 0. The number of hydrogen-bond donors (Lipinski definition) is 6. The zero-order valence-corrected chi connectivity index (χ0v) is 45.1. The number of likely N-dealkylation sites (tertiary alicyclic amines) is 1. The molecule has 0 radical (unpaired) electrons. The van der Waals surface area contributed by atoms with Crippen molar-refractivity contribution in [2.45, 2.75) is 130 Å². The minimum absolute atomic E-state index is 0.00686. The monoisotopic (exact) mass is 1040 g/mol. The molecule has 10 rings (SSSR count). The fourth-order valence-corrected chi connectivity index (χ4v) is 11.8. The first-order valence-electron chi connectivity index (χ1n) is 26.5. The van der Waals surface area contributed by atoms with E-state index in [0.717, 1.165) is 28.7 Å². The Morgan fingerprint density at radius 1 is 0.921 bits per heavy atom. The smallest absolute Gasteiger partial charge is 0.315 e. The fraction of sp³-hybridized carbons (Fsp3) is 0.517. The van der Waals surface area contributed by atoms with E-state index in [-0.39, 0.29) is 49.6 Å². The van der Waals surface area contributed by atoms with Gasteiger partial charge in [-0.1, -0.05) is 78.0 Å². The molecule has 0 aliphatic carbocycles. The molecule has 9 atom stereocenters. The van der Waals surface area contributed by atoms with Gasteiger partial charge >= 0.3 is 11.8 Å². The van der Waals surface area contributed by atoms with Gasteiger partial charge < -0.3 is 59.5 Å². The molecule has 406 valence electrons. The van der Waals surface area contributed by atoms with Crippen molar-refractivity contribution in [1.82, 2.24) is 14.8 Å². The van der Waals surface area contributed by atoms with Gasteiger partial charge in [0, 0.05) is 128 Å². The fourth-order valence-electron chi connectivity index (χ4n) is 11.8. The number of phenols is 2. The molecule has 1 fully saturated rings. The van der Waals surface area contributed by atoms with Crippen LogP contribution in [0.1, 0.15) is 102 Å². The number of fused-ring (bicyclic) bond motifs is 16. The first kappa shape index (κ1) is 54.2. The first-order valence-corrected chi connectivity index (χ1v) is 26.5. The Morgan fingerprint density at radius 3 is 2.34 bits per heavy atom. The SMILES string of the molecule is CO[C@H]1/C=C/O[C@@]2(C)Oc3c(C)c(O)c4c(O)c(c5c(c4c3C2=O)=NC2(CCN(CC(C)C)CC2)N=5)NC(=O)/C(C)=C\C=C\C(C)[C@H](O)[C@@H](C)C(O)[C@@H](C)C(OC(=O)CC(=O)N2CCc3[nH]c4ccccc4c3C2)[C@@H]1C. The number of amides is 2. The van der Waals surface area contributed by atoms with Crippen LogP contribution in [0.5, 0.6) is 17.2 Å². The quantitative estimate of drug-likeness (QED) is 0.0718. The van der Waals surface area contributed by atoms with Gasteiger partial charge in [0.1, 0.15) is 35.1 Å². The number of nitrogens with one attached hydrogen (secondary N) is 2. The standard InChI is InChI=1S/C58H72N6O12/c1-29(2)27-63-23-20-58(21-24-63)61-46-43-44-51(69)35(8)54-45(43)55(71)57(9,76-54)74-25-19-40(73-10)32(5)53(75-42(66)26-41(65)64-22-18-39-37(28-64)36-16-11-12-17-38(36)59-39)34(7)50(68)33(6)49(67)30(3)14-13-15-31(4)56(72)60-48(52(44)70)47(46)62-58/h11-17,19,25,29-30,32-34,40,49-50,53,59,67-70H,18,20-24,26-28H2,1-10H3,(H,60,72)/b14-13+,25-19+,31-15-/t30?,32-,33-,34-,40+,49+,50?,53?,57+/m1/s1. The molecule has 18 heteroatoms. The van der Waals surface area contributed by atoms with E-state index >= 15 is 0 Å². The number of benzene rings is 3. The lowest BCUT2D eigenvalue weighted by atomic mass is 9.78. The number of ether oxygens (including phenoxy) is 4. The summed E-state index contributed by atoms with van der Waals surface area (Å²) in [4.78, 5) is 74.7.